The Kier molecular flexibility index (Phi) is 5.33. The molecule has 8 heteroatoms. The SMILES string of the molecule is COC(=O)C1=CC(=CNN=C(N)N)C(NC(C)=O)C=C1. The molecule has 0 heterocycles. The van der Waals surface area contributed by atoms with Gasteiger partial charge in [0.25, 0.3) is 0 Å². The molecule has 0 fully saturated rings. The molecule has 1 rings (SSSR count). The largest absolute Gasteiger partial charge is 0.465 e. The van der Waals surface area contributed by atoms with E-state index in [-0.39, 0.29) is 17.9 Å². The van der Waals surface area contributed by atoms with Gasteiger partial charge in [0.2, 0.25) is 11.9 Å². The van der Waals surface area contributed by atoms with Crippen molar-refractivity contribution in [1.29, 1.82) is 0 Å². The van der Waals surface area contributed by atoms with Gasteiger partial charge in [-0.1, -0.05) is 6.08 Å². The minimum Gasteiger partial charge on any atom is -0.465 e. The van der Waals surface area contributed by atoms with Crippen LogP contribution in [-0.4, -0.2) is 31.0 Å². The average molecular weight is 279 g/mol. The molecule has 0 aromatic heterocycles. The van der Waals surface area contributed by atoms with Gasteiger partial charge < -0.3 is 21.5 Å². The number of carbonyl (C=O) groups excluding carboxylic acids is 2. The Labute approximate surface area is 116 Å². The van der Waals surface area contributed by atoms with Gasteiger partial charge in [-0.15, -0.1) is 5.10 Å². The van der Waals surface area contributed by atoms with Crippen molar-refractivity contribution in [3.8, 4) is 0 Å². The summed E-state index contributed by atoms with van der Waals surface area (Å²) in [6.07, 6.45) is 6.29. The van der Waals surface area contributed by atoms with Gasteiger partial charge in [-0.2, -0.15) is 0 Å². The lowest BCUT2D eigenvalue weighted by molar-refractivity contribution is -0.135. The quantitative estimate of drug-likeness (QED) is 0.222. The second kappa shape index (κ2) is 6.98. The standard InChI is InChI=1S/C12H17N5O3/c1-7(18)16-10-4-3-8(11(19)20-2)5-9(10)6-15-17-12(13)14/h3-6,10,15H,1-2H3,(H,16,18)(H4,13,14,17). The second-order valence-corrected chi connectivity index (χ2v) is 3.94. The van der Waals surface area contributed by atoms with Crippen molar-refractivity contribution in [2.45, 2.75) is 13.0 Å². The first-order valence-corrected chi connectivity index (χ1v) is 5.73. The van der Waals surface area contributed by atoms with E-state index >= 15 is 0 Å². The molecule has 1 amide bonds. The van der Waals surface area contributed by atoms with Crippen LogP contribution in [0.1, 0.15) is 6.92 Å². The molecule has 0 aromatic carbocycles. The van der Waals surface area contributed by atoms with E-state index < -0.39 is 5.97 Å². The Balaban J connectivity index is 2.97. The lowest BCUT2D eigenvalue weighted by Crippen LogP contribution is -2.34. The molecule has 1 aliphatic carbocycles. The van der Waals surface area contributed by atoms with Crippen LogP contribution in [0, 0.1) is 0 Å². The van der Waals surface area contributed by atoms with Crippen molar-refractivity contribution >= 4 is 17.8 Å². The number of guanidine groups is 1. The minimum absolute atomic E-state index is 0.138. The van der Waals surface area contributed by atoms with Gasteiger partial charge in [-0.3, -0.25) is 10.2 Å². The van der Waals surface area contributed by atoms with Crippen LogP contribution >= 0.6 is 0 Å². The van der Waals surface area contributed by atoms with Crippen LogP contribution in [0.3, 0.4) is 0 Å². The fraction of sp³-hybridized carbons (Fsp3) is 0.250. The lowest BCUT2D eigenvalue weighted by Gasteiger charge is -2.19. The summed E-state index contributed by atoms with van der Waals surface area (Å²) < 4.78 is 4.64. The Morgan fingerprint density at radius 1 is 1.45 bits per heavy atom. The van der Waals surface area contributed by atoms with E-state index in [1.807, 2.05) is 0 Å². The summed E-state index contributed by atoms with van der Waals surface area (Å²) in [6.45, 7) is 1.40. The van der Waals surface area contributed by atoms with E-state index in [4.69, 9.17) is 11.5 Å². The molecule has 6 N–H and O–H groups in total. The van der Waals surface area contributed by atoms with E-state index in [0.29, 0.717) is 11.1 Å². The molecule has 0 radical (unpaired) electrons. The molecular weight excluding hydrogens is 262 g/mol. The summed E-state index contributed by atoms with van der Waals surface area (Å²) in [4.78, 5) is 22.6. The molecule has 8 nitrogen and oxygen atoms in total. The topological polar surface area (TPSA) is 132 Å². The van der Waals surface area contributed by atoms with Crippen LogP contribution in [0.5, 0.6) is 0 Å². The normalized spacial score (nSPS) is 19.0. The van der Waals surface area contributed by atoms with Crippen LogP contribution in [0.4, 0.5) is 0 Å². The smallest absolute Gasteiger partial charge is 0.337 e. The zero-order valence-corrected chi connectivity index (χ0v) is 11.2. The van der Waals surface area contributed by atoms with Crippen LogP contribution in [0.25, 0.3) is 0 Å². The fourth-order valence-electron chi connectivity index (χ4n) is 1.54. The number of ether oxygens (including phenoxy) is 1. The van der Waals surface area contributed by atoms with Gasteiger partial charge in [-0.05, 0) is 17.7 Å². The number of nitrogens with two attached hydrogens (primary N) is 2. The molecule has 1 atom stereocenters. The molecule has 0 saturated heterocycles. The summed E-state index contributed by atoms with van der Waals surface area (Å²) in [5.74, 6) is -0.820. The number of hydrogen-bond donors (Lipinski definition) is 4. The third-order valence-electron chi connectivity index (χ3n) is 2.35. The number of nitrogens with zero attached hydrogens (tertiary/aromatic N) is 1. The first kappa shape index (κ1) is 15.3. The number of hydrazone groups is 1. The highest BCUT2D eigenvalue weighted by Crippen LogP contribution is 2.17. The molecule has 0 spiro atoms. The van der Waals surface area contributed by atoms with Gasteiger partial charge in [0, 0.05) is 13.1 Å². The van der Waals surface area contributed by atoms with Crippen molar-refractivity contribution in [3.05, 3.63) is 35.6 Å². The lowest BCUT2D eigenvalue weighted by atomic mass is 9.98. The van der Waals surface area contributed by atoms with Crippen LogP contribution in [0.15, 0.2) is 40.7 Å². The minimum atomic E-state index is -0.477. The van der Waals surface area contributed by atoms with Crippen molar-refractivity contribution in [3.63, 3.8) is 0 Å². The maximum Gasteiger partial charge on any atom is 0.337 e. The highest BCUT2D eigenvalue weighted by molar-refractivity contribution is 5.93. The summed E-state index contributed by atoms with van der Waals surface area (Å²) in [6, 6.07) is -0.386. The summed E-state index contributed by atoms with van der Waals surface area (Å²) in [5, 5.41) is 6.29. The zero-order valence-electron chi connectivity index (χ0n) is 11.2. The third kappa shape index (κ3) is 4.48. The highest BCUT2D eigenvalue weighted by atomic mass is 16.5. The maximum atomic E-state index is 11.5. The van der Waals surface area contributed by atoms with Crippen molar-refractivity contribution in [2.24, 2.45) is 16.6 Å². The van der Waals surface area contributed by atoms with Crippen molar-refractivity contribution in [1.82, 2.24) is 10.7 Å². The fourth-order valence-corrected chi connectivity index (χ4v) is 1.54. The molecule has 0 bridgehead atoms. The molecule has 0 saturated carbocycles. The van der Waals surface area contributed by atoms with E-state index in [1.54, 1.807) is 18.2 Å². The monoisotopic (exact) mass is 279 g/mol. The second-order valence-electron chi connectivity index (χ2n) is 3.94. The molecule has 1 unspecified atom stereocenters. The van der Waals surface area contributed by atoms with Crippen molar-refractivity contribution < 1.29 is 14.3 Å². The van der Waals surface area contributed by atoms with Gasteiger partial charge in [0.1, 0.15) is 0 Å². The summed E-state index contributed by atoms with van der Waals surface area (Å²) in [5.41, 5.74) is 13.9. The highest BCUT2D eigenvalue weighted by Gasteiger charge is 2.18. The molecule has 0 aliphatic heterocycles. The number of amides is 1. The average Bonchev–Trinajstić information content (AvgIpc) is 2.38. The summed E-state index contributed by atoms with van der Waals surface area (Å²) >= 11 is 0. The van der Waals surface area contributed by atoms with Gasteiger partial charge in [-0.25, -0.2) is 4.79 Å². The Morgan fingerprint density at radius 2 is 2.15 bits per heavy atom. The van der Waals surface area contributed by atoms with E-state index in [0.717, 1.165) is 0 Å². The zero-order chi connectivity index (χ0) is 15.1. The van der Waals surface area contributed by atoms with Gasteiger partial charge in [0.15, 0.2) is 0 Å². The molecule has 0 aromatic rings. The van der Waals surface area contributed by atoms with Gasteiger partial charge in [0.05, 0.1) is 18.7 Å². The summed E-state index contributed by atoms with van der Waals surface area (Å²) in [7, 11) is 1.29. The van der Waals surface area contributed by atoms with E-state index in [9.17, 15) is 9.59 Å². The molecular formula is C12H17N5O3. The number of nitrogens with one attached hydrogen (secondary N) is 2. The first-order chi connectivity index (χ1) is 9.43. The first-order valence-electron chi connectivity index (χ1n) is 5.73. The van der Waals surface area contributed by atoms with Gasteiger partial charge >= 0.3 is 5.97 Å². The number of methoxy groups -OCH3 is 1. The van der Waals surface area contributed by atoms with E-state index in [1.165, 1.54) is 20.2 Å². The Bertz CT molecular complexity index is 515. The number of esters is 1. The Morgan fingerprint density at radius 3 is 2.70 bits per heavy atom. The number of rotatable bonds is 4. The van der Waals surface area contributed by atoms with Crippen LogP contribution in [-0.2, 0) is 14.3 Å². The number of carbonyl (C=O) groups is 2. The maximum absolute atomic E-state index is 11.5. The molecule has 20 heavy (non-hydrogen) atoms. The molecule has 108 valence electrons. The predicted molar refractivity (Wildman–Crippen MR) is 73.9 cm³/mol. The Hall–Kier alpha value is -2.77. The van der Waals surface area contributed by atoms with Crippen LogP contribution in [0.2, 0.25) is 0 Å². The van der Waals surface area contributed by atoms with E-state index in [2.05, 4.69) is 20.6 Å². The molecule has 1 aliphatic rings. The predicted octanol–water partition coefficient (Wildman–Crippen LogP) is -1.18. The number of hydrogen-bond acceptors (Lipinski definition) is 5. The van der Waals surface area contributed by atoms with Crippen molar-refractivity contribution in [2.75, 3.05) is 7.11 Å². The third-order valence-corrected chi connectivity index (χ3v) is 2.35. The van der Waals surface area contributed by atoms with Crippen LogP contribution < -0.4 is 22.2 Å².